The molecule has 2 rings (SSSR count). The van der Waals surface area contributed by atoms with Gasteiger partial charge in [0.15, 0.2) is 0 Å². The zero-order valence-electron chi connectivity index (χ0n) is 11.0. The van der Waals surface area contributed by atoms with E-state index in [4.69, 9.17) is 5.73 Å². The number of anilines is 1. The fraction of sp³-hybridized carbons (Fsp3) is 0.769. The molecule has 1 saturated carbocycles. The molecule has 0 spiro atoms. The lowest BCUT2D eigenvalue weighted by Crippen LogP contribution is -2.14. The lowest BCUT2D eigenvalue weighted by molar-refractivity contribution is 0.305. The summed E-state index contributed by atoms with van der Waals surface area (Å²) in [5, 5.41) is 4.57. The van der Waals surface area contributed by atoms with Crippen LogP contribution < -0.4 is 5.73 Å². The van der Waals surface area contributed by atoms with E-state index in [9.17, 15) is 0 Å². The lowest BCUT2D eigenvalue weighted by atomic mass is 9.85. The second kappa shape index (κ2) is 4.63. The number of rotatable bonds is 1. The third-order valence-corrected chi connectivity index (χ3v) is 4.92. The maximum absolute atomic E-state index is 6.11. The van der Waals surface area contributed by atoms with E-state index in [2.05, 4.69) is 34.9 Å². The minimum absolute atomic E-state index is 0.474. The van der Waals surface area contributed by atoms with Gasteiger partial charge in [-0.05, 0) is 54.0 Å². The molecule has 4 heteroatoms. The van der Waals surface area contributed by atoms with Crippen LogP contribution in [0.25, 0.3) is 0 Å². The molecule has 0 aromatic carbocycles. The summed E-state index contributed by atoms with van der Waals surface area (Å²) in [6.07, 6.45) is 6.22. The molecule has 1 heterocycles. The molecule has 0 bridgehead atoms. The Morgan fingerprint density at radius 3 is 2.65 bits per heavy atom. The van der Waals surface area contributed by atoms with Gasteiger partial charge in [0.2, 0.25) is 0 Å². The Labute approximate surface area is 112 Å². The Balaban J connectivity index is 2.20. The Morgan fingerprint density at radius 2 is 2.06 bits per heavy atom. The highest BCUT2D eigenvalue weighted by Crippen LogP contribution is 2.39. The van der Waals surface area contributed by atoms with E-state index in [0.29, 0.717) is 11.5 Å². The van der Waals surface area contributed by atoms with Gasteiger partial charge in [-0.15, -0.1) is 0 Å². The second-order valence-corrected chi connectivity index (χ2v) is 6.77. The molecule has 1 atom stereocenters. The summed E-state index contributed by atoms with van der Waals surface area (Å²) < 4.78 is 2.99. The van der Waals surface area contributed by atoms with Crippen LogP contribution in [0, 0.1) is 12.3 Å². The van der Waals surface area contributed by atoms with Gasteiger partial charge in [-0.1, -0.05) is 20.3 Å². The topological polar surface area (TPSA) is 43.8 Å². The molecule has 1 fully saturated rings. The summed E-state index contributed by atoms with van der Waals surface area (Å²) >= 11 is 3.50. The van der Waals surface area contributed by atoms with Gasteiger partial charge in [0, 0.05) is 0 Å². The van der Waals surface area contributed by atoms with E-state index in [0.717, 1.165) is 16.0 Å². The van der Waals surface area contributed by atoms with Gasteiger partial charge in [0.25, 0.3) is 0 Å². The van der Waals surface area contributed by atoms with Crippen molar-refractivity contribution in [2.75, 3.05) is 5.73 Å². The third-order valence-electron chi connectivity index (χ3n) is 3.94. The third kappa shape index (κ3) is 2.67. The van der Waals surface area contributed by atoms with Crippen molar-refractivity contribution in [1.82, 2.24) is 9.78 Å². The van der Waals surface area contributed by atoms with Gasteiger partial charge in [-0.25, -0.2) is 4.68 Å². The maximum Gasteiger partial charge on any atom is 0.136 e. The van der Waals surface area contributed by atoms with Crippen LogP contribution in [0.5, 0.6) is 0 Å². The molecule has 0 saturated heterocycles. The number of aryl methyl sites for hydroxylation is 1. The van der Waals surface area contributed by atoms with Crippen LogP contribution in [-0.2, 0) is 0 Å². The summed E-state index contributed by atoms with van der Waals surface area (Å²) in [6, 6.07) is 0.474. The smallest absolute Gasteiger partial charge is 0.136 e. The number of nitrogens with zero attached hydrogens (tertiary/aromatic N) is 2. The van der Waals surface area contributed by atoms with Crippen molar-refractivity contribution in [1.29, 1.82) is 0 Å². The van der Waals surface area contributed by atoms with Gasteiger partial charge >= 0.3 is 0 Å². The van der Waals surface area contributed by atoms with E-state index in [-0.39, 0.29) is 0 Å². The molecular formula is C13H22BrN3. The molecule has 3 nitrogen and oxygen atoms in total. The first-order valence-electron chi connectivity index (χ1n) is 6.41. The maximum atomic E-state index is 6.11. The first kappa shape index (κ1) is 12.9. The molecule has 1 aliphatic rings. The Morgan fingerprint density at radius 1 is 1.35 bits per heavy atom. The van der Waals surface area contributed by atoms with Crippen LogP contribution in [-0.4, -0.2) is 9.78 Å². The van der Waals surface area contributed by atoms with Gasteiger partial charge < -0.3 is 5.73 Å². The SMILES string of the molecule is Cc1nn(C2CCCC(C)(C)CC2)c(N)c1Br. The fourth-order valence-electron chi connectivity index (χ4n) is 2.71. The van der Waals surface area contributed by atoms with Crippen LogP contribution in [0.15, 0.2) is 4.47 Å². The molecule has 17 heavy (non-hydrogen) atoms. The first-order chi connectivity index (χ1) is 7.91. The number of hydrogen-bond donors (Lipinski definition) is 1. The Hall–Kier alpha value is -0.510. The summed E-state index contributed by atoms with van der Waals surface area (Å²) in [5.74, 6) is 0.784. The lowest BCUT2D eigenvalue weighted by Gasteiger charge is -2.22. The van der Waals surface area contributed by atoms with E-state index in [1.807, 2.05) is 11.6 Å². The predicted octanol–water partition coefficient (Wildman–Crippen LogP) is 4.07. The summed E-state index contributed by atoms with van der Waals surface area (Å²) in [7, 11) is 0. The first-order valence-corrected chi connectivity index (χ1v) is 7.20. The fourth-order valence-corrected chi connectivity index (χ4v) is 2.97. The average molecular weight is 300 g/mol. The number of hydrogen-bond acceptors (Lipinski definition) is 2. The van der Waals surface area contributed by atoms with Crippen molar-refractivity contribution in [3.05, 3.63) is 10.2 Å². The zero-order chi connectivity index (χ0) is 12.6. The second-order valence-electron chi connectivity index (χ2n) is 5.98. The molecular weight excluding hydrogens is 278 g/mol. The number of nitrogen functional groups attached to an aromatic ring is 1. The quantitative estimate of drug-likeness (QED) is 0.795. The average Bonchev–Trinajstić information content (AvgIpc) is 2.44. The van der Waals surface area contributed by atoms with Crippen molar-refractivity contribution in [2.45, 2.75) is 58.9 Å². The van der Waals surface area contributed by atoms with E-state index < -0.39 is 0 Å². The highest BCUT2D eigenvalue weighted by Gasteiger charge is 2.27. The van der Waals surface area contributed by atoms with Crippen molar-refractivity contribution >= 4 is 21.7 Å². The van der Waals surface area contributed by atoms with Gasteiger partial charge in [0.05, 0.1) is 16.2 Å². The molecule has 0 aliphatic heterocycles. The molecule has 0 amide bonds. The van der Waals surface area contributed by atoms with Crippen LogP contribution in [0.2, 0.25) is 0 Å². The monoisotopic (exact) mass is 299 g/mol. The highest BCUT2D eigenvalue weighted by molar-refractivity contribution is 9.10. The molecule has 1 unspecified atom stereocenters. The van der Waals surface area contributed by atoms with E-state index in [1.54, 1.807) is 0 Å². The Kier molecular flexibility index (Phi) is 3.53. The highest BCUT2D eigenvalue weighted by atomic mass is 79.9. The van der Waals surface area contributed by atoms with Crippen molar-refractivity contribution in [2.24, 2.45) is 5.41 Å². The summed E-state index contributed by atoms with van der Waals surface area (Å²) in [4.78, 5) is 0. The van der Waals surface area contributed by atoms with Crippen molar-refractivity contribution < 1.29 is 0 Å². The Bertz CT molecular complexity index is 409. The molecule has 96 valence electrons. The van der Waals surface area contributed by atoms with Crippen LogP contribution in [0.4, 0.5) is 5.82 Å². The minimum atomic E-state index is 0.474. The molecule has 2 N–H and O–H groups in total. The molecule has 1 aromatic rings. The molecule has 1 aromatic heterocycles. The molecule has 1 aliphatic carbocycles. The summed E-state index contributed by atoms with van der Waals surface area (Å²) in [5.41, 5.74) is 7.57. The van der Waals surface area contributed by atoms with Crippen LogP contribution >= 0.6 is 15.9 Å². The molecule has 0 radical (unpaired) electrons. The minimum Gasteiger partial charge on any atom is -0.383 e. The standard InChI is InChI=1S/C13H22BrN3/c1-9-11(14)12(15)17(16-9)10-5-4-7-13(2,3)8-6-10/h10H,4-8,15H2,1-3H3. The zero-order valence-corrected chi connectivity index (χ0v) is 12.5. The van der Waals surface area contributed by atoms with E-state index >= 15 is 0 Å². The van der Waals surface area contributed by atoms with Crippen LogP contribution in [0.3, 0.4) is 0 Å². The number of nitrogens with two attached hydrogens (primary N) is 1. The summed E-state index contributed by atoms with van der Waals surface area (Å²) in [6.45, 7) is 6.73. The number of halogens is 1. The van der Waals surface area contributed by atoms with Crippen molar-refractivity contribution in [3.8, 4) is 0 Å². The van der Waals surface area contributed by atoms with Gasteiger partial charge in [-0.2, -0.15) is 5.10 Å². The van der Waals surface area contributed by atoms with Gasteiger partial charge in [-0.3, -0.25) is 0 Å². The number of aromatic nitrogens is 2. The normalized spacial score (nSPS) is 24.6. The predicted molar refractivity (Wildman–Crippen MR) is 75.0 cm³/mol. The van der Waals surface area contributed by atoms with Gasteiger partial charge in [0.1, 0.15) is 5.82 Å². The van der Waals surface area contributed by atoms with Crippen LogP contribution in [0.1, 0.15) is 57.7 Å². The van der Waals surface area contributed by atoms with E-state index in [1.165, 1.54) is 32.1 Å². The largest absolute Gasteiger partial charge is 0.383 e. The van der Waals surface area contributed by atoms with Crippen molar-refractivity contribution in [3.63, 3.8) is 0 Å².